The number of aromatic carboxylic acids is 1. The zero-order valence-electron chi connectivity index (χ0n) is 9.90. The first-order valence-electron chi connectivity index (χ1n) is 5.84. The lowest BCUT2D eigenvalue weighted by Crippen LogP contribution is -2.03. The molecule has 2 N–H and O–H groups in total. The number of para-hydroxylation sites is 1. The van der Waals surface area contributed by atoms with E-state index in [9.17, 15) is 9.90 Å². The number of rotatable bonds is 2. The first-order chi connectivity index (χ1) is 8.70. The van der Waals surface area contributed by atoms with Gasteiger partial charge < -0.3 is 10.1 Å². The Kier molecular flexibility index (Phi) is 2.30. The van der Waals surface area contributed by atoms with Gasteiger partial charge in [-0.15, -0.1) is 0 Å². The maximum absolute atomic E-state index is 11.3. The first kappa shape index (κ1) is 10.8. The van der Waals surface area contributed by atoms with E-state index < -0.39 is 5.97 Å². The van der Waals surface area contributed by atoms with Crippen LogP contribution < -0.4 is 0 Å². The minimum atomic E-state index is -0.998. The normalized spacial score (nSPS) is 11.2. The van der Waals surface area contributed by atoms with Crippen molar-refractivity contribution in [1.82, 2.24) is 9.97 Å². The average Bonchev–Trinajstić information content (AvgIpc) is 2.75. The second-order valence-corrected chi connectivity index (χ2v) is 4.21. The topological polar surface area (TPSA) is 66.0 Å². The fourth-order valence-electron chi connectivity index (χ4n) is 2.23. The zero-order valence-corrected chi connectivity index (χ0v) is 9.90. The van der Waals surface area contributed by atoms with Crippen LogP contribution in [0.15, 0.2) is 30.3 Å². The van der Waals surface area contributed by atoms with Crippen molar-refractivity contribution in [3.8, 4) is 0 Å². The van der Waals surface area contributed by atoms with E-state index in [2.05, 4.69) is 9.97 Å². The molecule has 0 atom stereocenters. The standard InChI is InChI=1S/C14H12N2O2/c1-2-8-7-10-9-5-3-4-6-11(9)16-12(10)13(15-8)14(17)18/h3-7,16H,2H2,1H3,(H,17,18). The summed E-state index contributed by atoms with van der Waals surface area (Å²) >= 11 is 0. The molecular formula is C14H12N2O2. The van der Waals surface area contributed by atoms with Gasteiger partial charge in [0.25, 0.3) is 0 Å². The molecule has 0 aliphatic heterocycles. The number of benzene rings is 1. The summed E-state index contributed by atoms with van der Waals surface area (Å²) in [5.41, 5.74) is 2.43. The molecule has 4 heteroatoms. The Balaban J connectivity index is 2.50. The minimum Gasteiger partial charge on any atom is -0.476 e. The lowest BCUT2D eigenvalue weighted by Gasteiger charge is -2.01. The molecule has 0 aliphatic carbocycles. The van der Waals surface area contributed by atoms with Gasteiger partial charge in [-0.1, -0.05) is 25.1 Å². The molecule has 0 fully saturated rings. The van der Waals surface area contributed by atoms with Crippen LogP contribution in [0, 0.1) is 0 Å². The van der Waals surface area contributed by atoms with Crippen LogP contribution in [0.3, 0.4) is 0 Å². The van der Waals surface area contributed by atoms with Gasteiger partial charge in [-0.05, 0) is 18.6 Å². The summed E-state index contributed by atoms with van der Waals surface area (Å²) in [7, 11) is 0. The van der Waals surface area contributed by atoms with Gasteiger partial charge in [-0.2, -0.15) is 0 Å². The SMILES string of the molecule is CCc1cc2c([nH]c3ccccc32)c(C(=O)O)n1. The fraction of sp³-hybridized carbons (Fsp3) is 0.143. The molecule has 2 heterocycles. The van der Waals surface area contributed by atoms with Gasteiger partial charge in [-0.25, -0.2) is 9.78 Å². The predicted molar refractivity (Wildman–Crippen MR) is 69.9 cm³/mol. The molecule has 0 amide bonds. The third-order valence-corrected chi connectivity index (χ3v) is 3.11. The van der Waals surface area contributed by atoms with Crippen molar-refractivity contribution in [2.45, 2.75) is 13.3 Å². The van der Waals surface area contributed by atoms with Crippen LogP contribution in [0.5, 0.6) is 0 Å². The van der Waals surface area contributed by atoms with E-state index in [1.807, 2.05) is 37.3 Å². The van der Waals surface area contributed by atoms with Crippen molar-refractivity contribution in [1.29, 1.82) is 0 Å². The van der Waals surface area contributed by atoms with Crippen LogP contribution in [0.4, 0.5) is 0 Å². The molecule has 0 radical (unpaired) electrons. The number of H-pyrrole nitrogens is 1. The Morgan fingerprint density at radius 1 is 1.33 bits per heavy atom. The van der Waals surface area contributed by atoms with Crippen molar-refractivity contribution in [2.75, 3.05) is 0 Å². The summed E-state index contributed by atoms with van der Waals surface area (Å²) in [6.07, 6.45) is 0.718. The molecule has 0 saturated heterocycles. The number of pyridine rings is 1. The van der Waals surface area contributed by atoms with Gasteiger partial charge in [0.1, 0.15) is 0 Å². The van der Waals surface area contributed by atoms with Crippen molar-refractivity contribution in [2.24, 2.45) is 0 Å². The number of nitrogens with zero attached hydrogens (tertiary/aromatic N) is 1. The zero-order chi connectivity index (χ0) is 12.7. The summed E-state index contributed by atoms with van der Waals surface area (Å²) in [6.45, 7) is 1.97. The molecule has 3 aromatic rings. The van der Waals surface area contributed by atoms with E-state index in [-0.39, 0.29) is 5.69 Å². The summed E-state index contributed by atoms with van der Waals surface area (Å²) in [5, 5.41) is 11.2. The number of carbonyl (C=O) groups is 1. The van der Waals surface area contributed by atoms with Gasteiger partial charge in [0.05, 0.1) is 5.52 Å². The summed E-state index contributed by atoms with van der Waals surface area (Å²) in [5.74, 6) is -0.998. The molecule has 18 heavy (non-hydrogen) atoms. The number of hydrogen-bond acceptors (Lipinski definition) is 2. The number of carboxylic acid groups (broad SMARTS) is 1. The lowest BCUT2D eigenvalue weighted by molar-refractivity contribution is 0.0692. The van der Waals surface area contributed by atoms with Crippen LogP contribution >= 0.6 is 0 Å². The largest absolute Gasteiger partial charge is 0.476 e. The molecule has 2 aromatic heterocycles. The average molecular weight is 240 g/mol. The third kappa shape index (κ3) is 1.46. The number of hydrogen-bond donors (Lipinski definition) is 2. The monoisotopic (exact) mass is 240 g/mol. The van der Waals surface area contributed by atoms with Gasteiger partial charge in [0, 0.05) is 22.0 Å². The first-order valence-corrected chi connectivity index (χ1v) is 5.84. The smallest absolute Gasteiger partial charge is 0.356 e. The highest BCUT2D eigenvalue weighted by Gasteiger charge is 2.15. The lowest BCUT2D eigenvalue weighted by atomic mass is 10.1. The maximum Gasteiger partial charge on any atom is 0.356 e. The van der Waals surface area contributed by atoms with E-state index in [1.54, 1.807) is 0 Å². The Labute approximate surface area is 103 Å². The third-order valence-electron chi connectivity index (χ3n) is 3.11. The highest BCUT2D eigenvalue weighted by Crippen LogP contribution is 2.27. The number of nitrogens with one attached hydrogen (secondary N) is 1. The molecule has 90 valence electrons. The number of carboxylic acids is 1. The van der Waals surface area contributed by atoms with Crippen LogP contribution in [0.2, 0.25) is 0 Å². The number of aromatic amines is 1. The van der Waals surface area contributed by atoms with Crippen LogP contribution in [0.1, 0.15) is 23.1 Å². The molecule has 0 spiro atoms. The molecule has 0 unspecified atom stereocenters. The van der Waals surface area contributed by atoms with Crippen molar-refractivity contribution in [3.63, 3.8) is 0 Å². The van der Waals surface area contributed by atoms with Crippen molar-refractivity contribution in [3.05, 3.63) is 41.7 Å². The fourth-order valence-corrected chi connectivity index (χ4v) is 2.23. The summed E-state index contributed by atoms with van der Waals surface area (Å²) in [4.78, 5) is 18.6. The Morgan fingerprint density at radius 3 is 2.83 bits per heavy atom. The quantitative estimate of drug-likeness (QED) is 0.723. The highest BCUT2D eigenvalue weighted by atomic mass is 16.4. The van der Waals surface area contributed by atoms with Gasteiger partial charge in [0.15, 0.2) is 5.69 Å². The minimum absolute atomic E-state index is 0.0977. The molecule has 0 aliphatic rings. The predicted octanol–water partition coefficient (Wildman–Crippen LogP) is 2.98. The van der Waals surface area contributed by atoms with E-state index in [4.69, 9.17) is 0 Å². The molecule has 3 rings (SSSR count). The van der Waals surface area contributed by atoms with Crippen molar-refractivity contribution >= 4 is 27.8 Å². The van der Waals surface area contributed by atoms with Gasteiger partial charge in [-0.3, -0.25) is 0 Å². The van der Waals surface area contributed by atoms with Crippen LogP contribution in [-0.2, 0) is 6.42 Å². The Bertz CT molecular complexity index is 759. The number of aromatic nitrogens is 2. The van der Waals surface area contributed by atoms with E-state index in [0.29, 0.717) is 5.52 Å². The number of fused-ring (bicyclic) bond motifs is 3. The summed E-state index contributed by atoms with van der Waals surface area (Å²) in [6, 6.07) is 9.75. The molecule has 4 nitrogen and oxygen atoms in total. The van der Waals surface area contributed by atoms with Gasteiger partial charge in [0.2, 0.25) is 0 Å². The van der Waals surface area contributed by atoms with E-state index in [0.717, 1.165) is 28.4 Å². The van der Waals surface area contributed by atoms with Crippen LogP contribution in [-0.4, -0.2) is 21.0 Å². The highest BCUT2D eigenvalue weighted by molar-refractivity contribution is 6.12. The summed E-state index contributed by atoms with van der Waals surface area (Å²) < 4.78 is 0. The van der Waals surface area contributed by atoms with Crippen LogP contribution in [0.25, 0.3) is 21.8 Å². The maximum atomic E-state index is 11.3. The van der Waals surface area contributed by atoms with Gasteiger partial charge >= 0.3 is 5.97 Å². The molecule has 0 bridgehead atoms. The number of aryl methyl sites for hydroxylation is 1. The van der Waals surface area contributed by atoms with E-state index in [1.165, 1.54) is 0 Å². The Morgan fingerprint density at radius 2 is 2.11 bits per heavy atom. The van der Waals surface area contributed by atoms with Crippen molar-refractivity contribution < 1.29 is 9.90 Å². The molecular weight excluding hydrogens is 228 g/mol. The van der Waals surface area contributed by atoms with E-state index >= 15 is 0 Å². The second kappa shape index (κ2) is 3.84. The molecule has 0 saturated carbocycles. The second-order valence-electron chi connectivity index (χ2n) is 4.21. The Hall–Kier alpha value is -2.36. The molecule has 1 aromatic carbocycles.